The van der Waals surface area contributed by atoms with E-state index in [2.05, 4.69) is 19.9 Å². The highest BCUT2D eigenvalue weighted by Gasteiger charge is 2.03. The van der Waals surface area contributed by atoms with Gasteiger partial charge < -0.3 is 4.98 Å². The zero-order valence-corrected chi connectivity index (χ0v) is 8.79. The van der Waals surface area contributed by atoms with E-state index in [-0.39, 0.29) is 5.56 Å². The molecule has 0 radical (unpaired) electrons. The van der Waals surface area contributed by atoms with Crippen LogP contribution in [0, 0.1) is 0 Å². The first-order chi connectivity index (χ1) is 8.34. The van der Waals surface area contributed by atoms with Crippen LogP contribution in [0.3, 0.4) is 0 Å². The van der Waals surface area contributed by atoms with Gasteiger partial charge in [-0.25, -0.2) is 9.97 Å². The van der Waals surface area contributed by atoms with Crippen molar-refractivity contribution in [3.63, 3.8) is 0 Å². The van der Waals surface area contributed by atoms with Crippen molar-refractivity contribution in [1.29, 1.82) is 0 Å². The molecule has 0 aliphatic heterocycles. The van der Waals surface area contributed by atoms with Gasteiger partial charge in [-0.3, -0.25) is 9.78 Å². The van der Waals surface area contributed by atoms with Crippen LogP contribution in [0.5, 0.6) is 0 Å². The topological polar surface area (TPSA) is 71.5 Å². The van der Waals surface area contributed by atoms with Gasteiger partial charge in [0.1, 0.15) is 6.33 Å². The molecule has 0 aromatic carbocycles. The fraction of sp³-hybridized carbons (Fsp3) is 0. The second-order valence-electron chi connectivity index (χ2n) is 3.59. The van der Waals surface area contributed by atoms with E-state index in [4.69, 9.17) is 0 Å². The molecule has 0 aliphatic carbocycles. The number of hydrogen-bond acceptors (Lipinski definition) is 4. The van der Waals surface area contributed by atoms with Gasteiger partial charge in [-0.05, 0) is 17.5 Å². The standard InChI is InChI=1S/C12H8N4O/c17-12-10-6-16-11(3-8(10)1-2-15-12)9-4-13-7-14-5-9/h1-7H,(H,15,17). The minimum Gasteiger partial charge on any atom is -0.329 e. The molecule has 0 unspecified atom stereocenters. The fourth-order valence-electron chi connectivity index (χ4n) is 1.67. The highest BCUT2D eigenvalue weighted by molar-refractivity contribution is 5.83. The number of nitrogens with one attached hydrogen (secondary N) is 1. The maximum absolute atomic E-state index is 11.5. The molecule has 0 bridgehead atoms. The summed E-state index contributed by atoms with van der Waals surface area (Å²) in [4.78, 5) is 26.2. The second-order valence-corrected chi connectivity index (χ2v) is 3.59. The van der Waals surface area contributed by atoms with Gasteiger partial charge in [0, 0.05) is 30.4 Å². The average Bonchev–Trinajstić information content (AvgIpc) is 2.40. The van der Waals surface area contributed by atoms with Crippen LogP contribution in [-0.2, 0) is 0 Å². The Morgan fingerprint density at radius 1 is 1.12 bits per heavy atom. The summed E-state index contributed by atoms with van der Waals surface area (Å²) >= 11 is 0. The smallest absolute Gasteiger partial charge is 0.257 e. The first-order valence-corrected chi connectivity index (χ1v) is 5.07. The third kappa shape index (κ3) is 1.67. The average molecular weight is 224 g/mol. The van der Waals surface area contributed by atoms with E-state index in [1.807, 2.05) is 12.1 Å². The van der Waals surface area contributed by atoms with Crippen LogP contribution in [-0.4, -0.2) is 19.9 Å². The van der Waals surface area contributed by atoms with E-state index >= 15 is 0 Å². The van der Waals surface area contributed by atoms with E-state index in [9.17, 15) is 4.79 Å². The lowest BCUT2D eigenvalue weighted by molar-refractivity contribution is 1.16. The minimum atomic E-state index is -0.133. The molecule has 5 heteroatoms. The van der Waals surface area contributed by atoms with Gasteiger partial charge in [-0.15, -0.1) is 0 Å². The summed E-state index contributed by atoms with van der Waals surface area (Å²) < 4.78 is 0. The molecule has 5 nitrogen and oxygen atoms in total. The zero-order valence-electron chi connectivity index (χ0n) is 8.79. The van der Waals surface area contributed by atoms with Gasteiger partial charge in [-0.1, -0.05) is 0 Å². The third-order valence-corrected chi connectivity index (χ3v) is 2.51. The lowest BCUT2D eigenvalue weighted by Gasteiger charge is -2.01. The summed E-state index contributed by atoms with van der Waals surface area (Å²) in [7, 11) is 0. The van der Waals surface area contributed by atoms with Crippen molar-refractivity contribution in [3.05, 3.63) is 53.6 Å². The monoisotopic (exact) mass is 224 g/mol. The van der Waals surface area contributed by atoms with E-state index in [0.717, 1.165) is 16.6 Å². The Balaban J connectivity index is 2.25. The Kier molecular flexibility index (Phi) is 2.15. The predicted molar refractivity (Wildman–Crippen MR) is 63.4 cm³/mol. The molecule has 0 fully saturated rings. The van der Waals surface area contributed by atoms with Crippen LogP contribution in [0.25, 0.3) is 22.0 Å². The first-order valence-electron chi connectivity index (χ1n) is 5.07. The van der Waals surface area contributed by atoms with Crippen molar-refractivity contribution in [1.82, 2.24) is 19.9 Å². The van der Waals surface area contributed by atoms with Crippen molar-refractivity contribution in [3.8, 4) is 11.3 Å². The van der Waals surface area contributed by atoms with Crippen molar-refractivity contribution < 1.29 is 0 Å². The van der Waals surface area contributed by atoms with Crippen molar-refractivity contribution in [2.24, 2.45) is 0 Å². The molecule has 0 saturated carbocycles. The number of aromatic nitrogens is 4. The molecule has 0 spiro atoms. The number of hydrogen-bond donors (Lipinski definition) is 1. The summed E-state index contributed by atoms with van der Waals surface area (Å²) in [6, 6.07) is 3.69. The number of rotatable bonds is 1. The summed E-state index contributed by atoms with van der Waals surface area (Å²) in [5.41, 5.74) is 1.45. The number of aromatic amines is 1. The van der Waals surface area contributed by atoms with Crippen molar-refractivity contribution in [2.45, 2.75) is 0 Å². The summed E-state index contributed by atoms with van der Waals surface area (Å²) in [6.45, 7) is 0. The van der Waals surface area contributed by atoms with E-state index in [1.165, 1.54) is 6.33 Å². The van der Waals surface area contributed by atoms with Crippen molar-refractivity contribution >= 4 is 10.8 Å². The van der Waals surface area contributed by atoms with Crippen molar-refractivity contribution in [2.75, 3.05) is 0 Å². The molecule has 0 amide bonds. The maximum Gasteiger partial charge on any atom is 0.257 e. The van der Waals surface area contributed by atoms with Gasteiger partial charge in [0.05, 0.1) is 11.1 Å². The number of nitrogens with zero attached hydrogens (tertiary/aromatic N) is 3. The fourth-order valence-corrected chi connectivity index (χ4v) is 1.67. The molecular formula is C12H8N4O. The van der Waals surface area contributed by atoms with Crippen LogP contribution in [0.1, 0.15) is 0 Å². The summed E-state index contributed by atoms with van der Waals surface area (Å²) in [6.07, 6.45) is 8.03. The molecule has 3 aromatic heterocycles. The van der Waals surface area contributed by atoms with Gasteiger partial charge in [0.25, 0.3) is 5.56 Å². The molecule has 0 saturated heterocycles. The number of fused-ring (bicyclic) bond motifs is 1. The van der Waals surface area contributed by atoms with Gasteiger partial charge >= 0.3 is 0 Å². The lowest BCUT2D eigenvalue weighted by atomic mass is 10.1. The van der Waals surface area contributed by atoms with Crippen LogP contribution < -0.4 is 5.56 Å². The SMILES string of the molecule is O=c1[nH]ccc2cc(-c3cncnc3)ncc12. The summed E-state index contributed by atoms with van der Waals surface area (Å²) in [5.74, 6) is 0. The lowest BCUT2D eigenvalue weighted by Crippen LogP contribution is -2.04. The van der Waals surface area contributed by atoms with E-state index in [1.54, 1.807) is 24.8 Å². The maximum atomic E-state index is 11.5. The Labute approximate surface area is 96.2 Å². The van der Waals surface area contributed by atoms with Crippen LogP contribution in [0.15, 0.2) is 48.0 Å². The molecule has 0 atom stereocenters. The Morgan fingerprint density at radius 2 is 1.94 bits per heavy atom. The predicted octanol–water partition coefficient (Wildman–Crippen LogP) is 1.38. The zero-order chi connectivity index (χ0) is 11.7. The van der Waals surface area contributed by atoms with Crippen LogP contribution >= 0.6 is 0 Å². The van der Waals surface area contributed by atoms with E-state index < -0.39 is 0 Å². The number of H-pyrrole nitrogens is 1. The second kappa shape index (κ2) is 3.79. The molecule has 82 valence electrons. The Bertz CT molecular complexity index is 721. The quantitative estimate of drug-likeness (QED) is 0.677. The van der Waals surface area contributed by atoms with Gasteiger partial charge in [0.2, 0.25) is 0 Å². The Hall–Kier alpha value is -2.56. The molecule has 3 aromatic rings. The number of pyridine rings is 2. The molecule has 0 aliphatic rings. The van der Waals surface area contributed by atoms with Gasteiger partial charge in [0.15, 0.2) is 0 Å². The van der Waals surface area contributed by atoms with Gasteiger partial charge in [-0.2, -0.15) is 0 Å². The largest absolute Gasteiger partial charge is 0.329 e. The van der Waals surface area contributed by atoms with E-state index in [0.29, 0.717) is 5.39 Å². The molecule has 3 rings (SSSR count). The first kappa shape index (κ1) is 9.65. The highest BCUT2D eigenvalue weighted by atomic mass is 16.1. The third-order valence-electron chi connectivity index (χ3n) is 2.51. The van der Waals surface area contributed by atoms with Crippen LogP contribution in [0.2, 0.25) is 0 Å². The minimum absolute atomic E-state index is 0.133. The van der Waals surface area contributed by atoms with Crippen LogP contribution in [0.4, 0.5) is 0 Å². The Morgan fingerprint density at radius 3 is 2.76 bits per heavy atom. The highest BCUT2D eigenvalue weighted by Crippen LogP contribution is 2.18. The molecule has 17 heavy (non-hydrogen) atoms. The molecule has 1 N–H and O–H groups in total. The summed E-state index contributed by atoms with van der Waals surface area (Å²) in [5, 5.41) is 1.43. The molecule has 3 heterocycles. The molecular weight excluding hydrogens is 216 g/mol. The normalized spacial score (nSPS) is 10.6.